The van der Waals surface area contributed by atoms with Crippen LogP contribution in [0.4, 0.5) is 0 Å². The molecule has 1 aliphatic heterocycles. The third-order valence-corrected chi connectivity index (χ3v) is 5.66. The molecule has 0 atom stereocenters. The Morgan fingerprint density at radius 3 is 2.31 bits per heavy atom. The summed E-state index contributed by atoms with van der Waals surface area (Å²) in [7, 11) is 4.68. The second-order valence-electron chi connectivity index (χ2n) is 7.56. The van der Waals surface area contributed by atoms with Gasteiger partial charge in [-0.1, -0.05) is 5.16 Å². The van der Waals surface area contributed by atoms with E-state index in [9.17, 15) is 4.79 Å². The number of ether oxygens (including phenoxy) is 3. The maximum Gasteiger partial charge on any atom is 0.258 e. The number of likely N-dealkylation sites (tertiary alicyclic amines) is 1. The van der Waals surface area contributed by atoms with Crippen LogP contribution in [0.3, 0.4) is 0 Å². The Hall–Kier alpha value is -3.62. The molecule has 0 saturated carbocycles. The van der Waals surface area contributed by atoms with Gasteiger partial charge in [-0.05, 0) is 42.7 Å². The van der Waals surface area contributed by atoms with Gasteiger partial charge >= 0.3 is 0 Å². The zero-order chi connectivity index (χ0) is 22.5. The predicted octanol–water partition coefficient (Wildman–Crippen LogP) is 3.11. The molecule has 3 aromatic rings. The van der Waals surface area contributed by atoms with E-state index in [1.807, 2.05) is 29.2 Å². The van der Waals surface area contributed by atoms with Crippen LogP contribution in [-0.2, 0) is 11.2 Å². The Labute approximate surface area is 186 Å². The van der Waals surface area contributed by atoms with Crippen LogP contribution in [0.15, 0.2) is 41.2 Å². The van der Waals surface area contributed by atoms with Gasteiger partial charge in [0.2, 0.25) is 11.7 Å². The van der Waals surface area contributed by atoms with E-state index in [1.165, 1.54) is 0 Å². The maximum absolute atomic E-state index is 12.9. The van der Waals surface area contributed by atoms with Gasteiger partial charge in [0.05, 0.1) is 27.8 Å². The Morgan fingerprint density at radius 1 is 1.06 bits per heavy atom. The molecule has 1 amide bonds. The summed E-state index contributed by atoms with van der Waals surface area (Å²) in [5, 5.41) is 4.16. The number of pyridine rings is 1. The van der Waals surface area contributed by atoms with E-state index in [-0.39, 0.29) is 18.2 Å². The second kappa shape index (κ2) is 9.67. The summed E-state index contributed by atoms with van der Waals surface area (Å²) >= 11 is 0. The molecule has 3 heterocycles. The zero-order valence-corrected chi connectivity index (χ0v) is 18.4. The van der Waals surface area contributed by atoms with Gasteiger partial charge in [0, 0.05) is 37.0 Å². The molecule has 9 heteroatoms. The van der Waals surface area contributed by atoms with Gasteiger partial charge in [0.1, 0.15) is 0 Å². The average Bonchev–Trinajstić information content (AvgIpc) is 3.34. The molecule has 32 heavy (non-hydrogen) atoms. The van der Waals surface area contributed by atoms with Crippen LogP contribution in [0.5, 0.6) is 17.2 Å². The molecule has 4 rings (SSSR count). The number of aromatic nitrogens is 3. The first-order chi connectivity index (χ1) is 15.6. The Bertz CT molecular complexity index is 1040. The smallest absolute Gasteiger partial charge is 0.258 e. The van der Waals surface area contributed by atoms with Crippen molar-refractivity contribution in [2.24, 2.45) is 0 Å². The SMILES string of the molecule is COc1cc(CC(=O)N2CCC(c3noc(-c4ccncc4)n3)CC2)cc(OC)c1OC. The van der Waals surface area contributed by atoms with Crippen LogP contribution in [-0.4, -0.2) is 60.4 Å². The monoisotopic (exact) mass is 438 g/mol. The minimum Gasteiger partial charge on any atom is -0.493 e. The molecule has 1 aromatic carbocycles. The predicted molar refractivity (Wildman–Crippen MR) is 116 cm³/mol. The van der Waals surface area contributed by atoms with Crippen LogP contribution in [0.2, 0.25) is 0 Å². The molecule has 0 spiro atoms. The van der Waals surface area contributed by atoms with E-state index >= 15 is 0 Å². The number of methoxy groups -OCH3 is 3. The van der Waals surface area contributed by atoms with Gasteiger partial charge in [-0.25, -0.2) is 0 Å². The summed E-state index contributed by atoms with van der Waals surface area (Å²) in [6, 6.07) is 7.29. The molecular formula is C23H26N4O5. The molecule has 0 N–H and O–H groups in total. The number of carbonyl (C=O) groups is 1. The van der Waals surface area contributed by atoms with Crippen molar-refractivity contribution < 1.29 is 23.5 Å². The van der Waals surface area contributed by atoms with E-state index < -0.39 is 0 Å². The van der Waals surface area contributed by atoms with Crippen LogP contribution >= 0.6 is 0 Å². The van der Waals surface area contributed by atoms with Crippen LogP contribution in [0, 0.1) is 0 Å². The van der Waals surface area contributed by atoms with E-state index in [0.717, 1.165) is 24.0 Å². The Balaban J connectivity index is 1.38. The number of nitrogens with zero attached hydrogens (tertiary/aromatic N) is 4. The van der Waals surface area contributed by atoms with Crippen molar-refractivity contribution in [3.8, 4) is 28.7 Å². The maximum atomic E-state index is 12.9. The minimum absolute atomic E-state index is 0.0586. The normalized spacial score (nSPS) is 14.3. The van der Waals surface area contributed by atoms with Crippen molar-refractivity contribution >= 4 is 5.91 Å². The third kappa shape index (κ3) is 4.51. The number of amides is 1. The average molecular weight is 438 g/mol. The molecule has 0 radical (unpaired) electrons. The first kappa shape index (κ1) is 21.6. The lowest BCUT2D eigenvalue weighted by atomic mass is 9.95. The van der Waals surface area contributed by atoms with E-state index in [0.29, 0.717) is 42.1 Å². The van der Waals surface area contributed by atoms with Crippen LogP contribution in [0.25, 0.3) is 11.5 Å². The first-order valence-corrected chi connectivity index (χ1v) is 10.4. The molecule has 0 bridgehead atoms. The molecule has 0 aliphatic carbocycles. The summed E-state index contributed by atoms with van der Waals surface area (Å²) in [6.07, 6.45) is 5.22. The number of hydrogen-bond acceptors (Lipinski definition) is 8. The molecule has 2 aromatic heterocycles. The van der Waals surface area contributed by atoms with Gasteiger partial charge in [0.25, 0.3) is 5.89 Å². The fourth-order valence-corrected chi connectivity index (χ4v) is 3.92. The zero-order valence-electron chi connectivity index (χ0n) is 18.4. The number of piperidine rings is 1. The van der Waals surface area contributed by atoms with Crippen molar-refractivity contribution in [3.05, 3.63) is 48.0 Å². The lowest BCUT2D eigenvalue weighted by molar-refractivity contribution is -0.131. The van der Waals surface area contributed by atoms with Crippen LogP contribution in [0.1, 0.15) is 30.1 Å². The molecule has 1 saturated heterocycles. The third-order valence-electron chi connectivity index (χ3n) is 5.66. The quantitative estimate of drug-likeness (QED) is 0.555. The van der Waals surface area contributed by atoms with E-state index in [4.69, 9.17) is 18.7 Å². The number of hydrogen-bond donors (Lipinski definition) is 0. The number of rotatable bonds is 7. The van der Waals surface area contributed by atoms with Crippen molar-refractivity contribution in [3.63, 3.8) is 0 Å². The minimum atomic E-state index is 0.0586. The highest BCUT2D eigenvalue weighted by Gasteiger charge is 2.27. The van der Waals surface area contributed by atoms with E-state index in [1.54, 1.807) is 33.7 Å². The number of benzene rings is 1. The standard InChI is InChI=1S/C23H26N4O5/c1-29-18-12-15(13-19(30-2)21(18)31-3)14-20(28)27-10-6-16(7-11-27)22-25-23(32-26-22)17-4-8-24-9-5-17/h4-5,8-9,12-13,16H,6-7,10-11,14H2,1-3H3. The second-order valence-corrected chi connectivity index (χ2v) is 7.56. The summed E-state index contributed by atoms with van der Waals surface area (Å²) in [5.74, 6) is 2.99. The van der Waals surface area contributed by atoms with Gasteiger partial charge in [-0.3, -0.25) is 9.78 Å². The van der Waals surface area contributed by atoms with Gasteiger partial charge in [-0.2, -0.15) is 4.98 Å². The lowest BCUT2D eigenvalue weighted by Crippen LogP contribution is -2.39. The molecular weight excluding hydrogens is 412 g/mol. The van der Waals surface area contributed by atoms with Crippen molar-refractivity contribution in [2.75, 3.05) is 34.4 Å². The van der Waals surface area contributed by atoms with Gasteiger partial charge < -0.3 is 23.6 Å². The largest absolute Gasteiger partial charge is 0.493 e. The lowest BCUT2D eigenvalue weighted by Gasteiger charge is -2.30. The number of carbonyl (C=O) groups excluding carboxylic acids is 1. The van der Waals surface area contributed by atoms with Crippen molar-refractivity contribution in [2.45, 2.75) is 25.2 Å². The molecule has 168 valence electrons. The summed E-state index contributed by atoms with van der Waals surface area (Å²) < 4.78 is 21.5. The fraction of sp³-hybridized carbons (Fsp3) is 0.391. The molecule has 9 nitrogen and oxygen atoms in total. The summed E-state index contributed by atoms with van der Waals surface area (Å²) in [6.45, 7) is 1.29. The highest BCUT2D eigenvalue weighted by atomic mass is 16.5. The van der Waals surface area contributed by atoms with Gasteiger partial charge in [0.15, 0.2) is 17.3 Å². The topological polar surface area (TPSA) is 99.8 Å². The Morgan fingerprint density at radius 2 is 1.72 bits per heavy atom. The Kier molecular flexibility index (Phi) is 6.53. The highest BCUT2D eigenvalue weighted by molar-refractivity contribution is 5.79. The van der Waals surface area contributed by atoms with E-state index in [2.05, 4.69) is 15.1 Å². The van der Waals surface area contributed by atoms with Crippen LogP contribution < -0.4 is 14.2 Å². The molecule has 0 unspecified atom stereocenters. The highest BCUT2D eigenvalue weighted by Crippen LogP contribution is 2.38. The van der Waals surface area contributed by atoms with Crippen molar-refractivity contribution in [1.82, 2.24) is 20.0 Å². The van der Waals surface area contributed by atoms with Crippen molar-refractivity contribution in [1.29, 1.82) is 0 Å². The molecule has 1 aliphatic rings. The fourth-order valence-electron chi connectivity index (χ4n) is 3.92. The first-order valence-electron chi connectivity index (χ1n) is 10.4. The molecule has 1 fully saturated rings. The van der Waals surface area contributed by atoms with Gasteiger partial charge in [-0.15, -0.1) is 0 Å². The summed E-state index contributed by atoms with van der Waals surface area (Å²) in [5.41, 5.74) is 1.66. The summed E-state index contributed by atoms with van der Waals surface area (Å²) in [4.78, 5) is 23.3.